The lowest BCUT2D eigenvalue weighted by Gasteiger charge is -2.26. The minimum absolute atomic E-state index is 0.0450. The predicted molar refractivity (Wildman–Crippen MR) is 87.4 cm³/mol. The Morgan fingerprint density at radius 3 is 2.42 bits per heavy atom. The average molecular weight is 372 g/mol. The van der Waals surface area contributed by atoms with E-state index in [1.807, 2.05) is 4.90 Å². The van der Waals surface area contributed by atoms with Crippen molar-refractivity contribution in [3.05, 3.63) is 29.5 Å². The summed E-state index contributed by atoms with van der Waals surface area (Å²) >= 11 is 5.95. The Labute approximate surface area is 143 Å². The molecule has 0 saturated carbocycles. The number of nitrogens with zero attached hydrogens (tertiary/aromatic N) is 4. The van der Waals surface area contributed by atoms with Crippen LogP contribution in [0.2, 0.25) is 5.28 Å². The van der Waals surface area contributed by atoms with Crippen LogP contribution >= 0.6 is 11.6 Å². The van der Waals surface area contributed by atoms with Crippen LogP contribution in [0.3, 0.4) is 0 Å². The van der Waals surface area contributed by atoms with Gasteiger partial charge in [0.15, 0.2) is 0 Å². The van der Waals surface area contributed by atoms with Crippen molar-refractivity contribution < 1.29 is 17.7 Å². The maximum atomic E-state index is 11.0. The fraction of sp³-hybridized carbons (Fsp3) is 0.308. The molecular formula is C13H14ClN5O4S. The SMILES string of the molecule is O=S(=O)(O)c1ccc(Nc2nc(Cl)nc(N3CCOCC3)n2)cc1. The van der Waals surface area contributed by atoms with Crippen molar-refractivity contribution in [2.45, 2.75) is 4.90 Å². The summed E-state index contributed by atoms with van der Waals surface area (Å²) in [6.45, 7) is 2.48. The van der Waals surface area contributed by atoms with Crippen molar-refractivity contribution in [3.63, 3.8) is 0 Å². The summed E-state index contributed by atoms with van der Waals surface area (Å²) in [4.78, 5) is 14.2. The van der Waals surface area contributed by atoms with E-state index in [1.165, 1.54) is 24.3 Å². The summed E-state index contributed by atoms with van der Waals surface area (Å²) < 4.78 is 36.3. The van der Waals surface area contributed by atoms with E-state index in [0.717, 1.165) is 0 Å². The first-order valence-corrected chi connectivity index (χ1v) is 8.82. The molecule has 2 aromatic rings. The number of morpholine rings is 1. The summed E-state index contributed by atoms with van der Waals surface area (Å²) in [6.07, 6.45) is 0. The Bertz CT molecular complexity index is 825. The van der Waals surface area contributed by atoms with Crippen LogP contribution in [0.4, 0.5) is 17.6 Å². The first-order valence-electron chi connectivity index (χ1n) is 7.01. The molecule has 1 aromatic carbocycles. The van der Waals surface area contributed by atoms with Gasteiger partial charge in [-0.3, -0.25) is 4.55 Å². The molecule has 0 bridgehead atoms. The lowest BCUT2D eigenvalue weighted by molar-refractivity contribution is 0.122. The van der Waals surface area contributed by atoms with Gasteiger partial charge in [0.1, 0.15) is 0 Å². The van der Waals surface area contributed by atoms with Gasteiger partial charge in [-0.25, -0.2) is 0 Å². The Morgan fingerprint density at radius 1 is 1.12 bits per heavy atom. The molecule has 0 amide bonds. The number of rotatable bonds is 4. The number of nitrogens with one attached hydrogen (secondary N) is 1. The molecule has 2 heterocycles. The third-order valence-electron chi connectivity index (χ3n) is 3.30. The second kappa shape index (κ2) is 6.85. The van der Waals surface area contributed by atoms with Crippen LogP contribution in [-0.2, 0) is 14.9 Å². The maximum Gasteiger partial charge on any atom is 0.294 e. The van der Waals surface area contributed by atoms with E-state index < -0.39 is 10.1 Å². The van der Waals surface area contributed by atoms with Crippen molar-refractivity contribution in [2.75, 3.05) is 36.5 Å². The summed E-state index contributed by atoms with van der Waals surface area (Å²) in [5.74, 6) is 0.673. The quantitative estimate of drug-likeness (QED) is 0.767. The van der Waals surface area contributed by atoms with Crippen LogP contribution in [0.15, 0.2) is 29.2 Å². The van der Waals surface area contributed by atoms with Gasteiger partial charge in [-0.2, -0.15) is 23.4 Å². The van der Waals surface area contributed by atoms with Gasteiger partial charge < -0.3 is 15.0 Å². The van der Waals surface area contributed by atoms with Crippen LogP contribution in [0.1, 0.15) is 0 Å². The minimum atomic E-state index is -4.23. The summed E-state index contributed by atoms with van der Waals surface area (Å²) in [6, 6.07) is 5.50. The molecule has 0 aliphatic carbocycles. The first-order chi connectivity index (χ1) is 11.4. The molecule has 0 unspecified atom stereocenters. The third kappa shape index (κ3) is 4.09. The van der Waals surface area contributed by atoms with Crippen molar-refractivity contribution in [3.8, 4) is 0 Å². The minimum Gasteiger partial charge on any atom is -0.378 e. The summed E-state index contributed by atoms with van der Waals surface area (Å²) in [5.41, 5.74) is 0.539. The predicted octanol–water partition coefficient (Wildman–Crippen LogP) is 1.35. The van der Waals surface area contributed by atoms with Gasteiger partial charge in [0.2, 0.25) is 17.2 Å². The zero-order valence-electron chi connectivity index (χ0n) is 12.4. The standard InChI is InChI=1S/C13H14ClN5O4S/c14-11-16-12(18-13(17-11)19-5-7-23-8-6-19)15-9-1-3-10(4-2-9)24(20,21)22/h1-4H,5-8H2,(H,20,21,22)(H,15,16,17,18). The van der Waals surface area contributed by atoms with Crippen molar-refractivity contribution in [1.82, 2.24) is 15.0 Å². The lowest BCUT2D eigenvalue weighted by atomic mass is 10.3. The molecule has 0 radical (unpaired) electrons. The summed E-state index contributed by atoms with van der Waals surface area (Å²) in [7, 11) is -4.23. The second-order valence-corrected chi connectivity index (χ2v) is 6.71. The molecule has 24 heavy (non-hydrogen) atoms. The van der Waals surface area contributed by atoms with E-state index in [-0.39, 0.29) is 16.1 Å². The fourth-order valence-electron chi connectivity index (χ4n) is 2.14. The molecular weight excluding hydrogens is 358 g/mol. The van der Waals surface area contributed by atoms with Crippen LogP contribution in [0.5, 0.6) is 0 Å². The maximum absolute atomic E-state index is 11.0. The number of halogens is 1. The summed E-state index contributed by atoms with van der Waals surface area (Å²) in [5, 5.41) is 2.97. The molecule has 0 atom stereocenters. The Balaban J connectivity index is 1.80. The number of hydrogen-bond acceptors (Lipinski definition) is 8. The average Bonchev–Trinajstić information content (AvgIpc) is 2.55. The molecule has 1 saturated heterocycles. The largest absolute Gasteiger partial charge is 0.378 e. The zero-order chi connectivity index (χ0) is 17.2. The number of hydrogen-bond donors (Lipinski definition) is 2. The number of ether oxygens (including phenoxy) is 1. The van der Waals surface area contributed by atoms with Crippen LogP contribution in [0, 0.1) is 0 Å². The third-order valence-corrected chi connectivity index (χ3v) is 4.34. The molecule has 11 heteroatoms. The van der Waals surface area contributed by atoms with Gasteiger partial charge in [0, 0.05) is 18.8 Å². The fourth-order valence-corrected chi connectivity index (χ4v) is 2.78. The Morgan fingerprint density at radius 2 is 1.79 bits per heavy atom. The van der Waals surface area contributed by atoms with E-state index in [0.29, 0.717) is 37.9 Å². The Kier molecular flexibility index (Phi) is 4.81. The molecule has 2 N–H and O–H groups in total. The van der Waals surface area contributed by atoms with Gasteiger partial charge in [-0.1, -0.05) is 0 Å². The van der Waals surface area contributed by atoms with Gasteiger partial charge in [-0.05, 0) is 35.9 Å². The zero-order valence-corrected chi connectivity index (χ0v) is 14.0. The van der Waals surface area contributed by atoms with Crippen LogP contribution < -0.4 is 10.2 Å². The van der Waals surface area contributed by atoms with Crippen molar-refractivity contribution in [1.29, 1.82) is 0 Å². The molecule has 1 aliphatic heterocycles. The van der Waals surface area contributed by atoms with Crippen LogP contribution in [0.25, 0.3) is 0 Å². The van der Waals surface area contributed by atoms with Crippen molar-refractivity contribution in [2.24, 2.45) is 0 Å². The number of aromatic nitrogens is 3. The molecule has 1 aliphatic rings. The molecule has 0 spiro atoms. The van der Waals surface area contributed by atoms with E-state index in [1.54, 1.807) is 0 Å². The highest BCUT2D eigenvalue weighted by Gasteiger charge is 2.16. The van der Waals surface area contributed by atoms with Gasteiger partial charge in [0.25, 0.3) is 10.1 Å². The molecule has 128 valence electrons. The monoisotopic (exact) mass is 371 g/mol. The first kappa shape index (κ1) is 16.8. The second-order valence-electron chi connectivity index (χ2n) is 4.95. The smallest absolute Gasteiger partial charge is 0.294 e. The van der Waals surface area contributed by atoms with E-state index in [9.17, 15) is 8.42 Å². The lowest BCUT2D eigenvalue weighted by Crippen LogP contribution is -2.37. The molecule has 1 fully saturated rings. The highest BCUT2D eigenvalue weighted by Crippen LogP contribution is 2.20. The molecule has 9 nitrogen and oxygen atoms in total. The highest BCUT2D eigenvalue weighted by atomic mass is 35.5. The number of benzene rings is 1. The number of anilines is 3. The molecule has 1 aromatic heterocycles. The van der Waals surface area contributed by atoms with E-state index in [4.69, 9.17) is 20.9 Å². The van der Waals surface area contributed by atoms with Gasteiger partial charge in [0.05, 0.1) is 18.1 Å². The normalized spacial score (nSPS) is 15.3. The topological polar surface area (TPSA) is 118 Å². The van der Waals surface area contributed by atoms with Gasteiger partial charge in [-0.15, -0.1) is 0 Å². The Hall–Kier alpha value is -2.01. The highest BCUT2D eigenvalue weighted by molar-refractivity contribution is 7.85. The molecule has 3 rings (SSSR count). The van der Waals surface area contributed by atoms with Crippen LogP contribution in [-0.4, -0.2) is 54.2 Å². The van der Waals surface area contributed by atoms with Gasteiger partial charge >= 0.3 is 0 Å². The van der Waals surface area contributed by atoms with E-state index >= 15 is 0 Å². The van der Waals surface area contributed by atoms with Crippen molar-refractivity contribution >= 4 is 39.3 Å². The van der Waals surface area contributed by atoms with E-state index in [2.05, 4.69) is 20.3 Å².